The Labute approximate surface area is 225 Å². The van der Waals surface area contributed by atoms with E-state index in [2.05, 4.69) is 15.3 Å². The maximum absolute atomic E-state index is 13.6. The minimum absolute atomic E-state index is 0.0146. The van der Waals surface area contributed by atoms with Crippen LogP contribution in [0.25, 0.3) is 0 Å². The summed E-state index contributed by atoms with van der Waals surface area (Å²) in [6, 6.07) is 8.08. The Hall–Kier alpha value is -4.13. The number of Topliss-reactive ketones (excluding diaryl/α,β-unsaturated/α-hetero) is 1. The number of amides is 1. The van der Waals surface area contributed by atoms with E-state index in [9.17, 15) is 34.2 Å². The molecule has 0 radical (unpaired) electrons. The van der Waals surface area contributed by atoms with Crippen molar-refractivity contribution in [3.63, 3.8) is 0 Å². The Kier molecular flexibility index (Phi) is 9.88. The van der Waals surface area contributed by atoms with Crippen LogP contribution in [0.5, 0.6) is 0 Å². The smallest absolute Gasteiger partial charge is 0.507 e. The van der Waals surface area contributed by atoms with Crippen LogP contribution >= 0.6 is 0 Å². The number of carboxylic acids is 2. The lowest BCUT2D eigenvalue weighted by Crippen LogP contribution is -2.44. The van der Waals surface area contributed by atoms with E-state index in [4.69, 9.17) is 9.31 Å². The molecule has 1 aliphatic rings. The molecular formula is C26H30BN3O9. The van der Waals surface area contributed by atoms with Crippen LogP contribution in [0.1, 0.15) is 55.6 Å². The minimum Gasteiger partial charge on any atom is -0.507 e. The highest BCUT2D eigenvalue weighted by Gasteiger charge is 2.57. The van der Waals surface area contributed by atoms with Crippen molar-refractivity contribution in [1.82, 2.24) is 15.3 Å². The molecule has 3 N–H and O–H groups in total. The molecule has 12 nitrogen and oxygen atoms in total. The van der Waals surface area contributed by atoms with E-state index in [1.165, 1.54) is 18.6 Å². The van der Waals surface area contributed by atoms with Gasteiger partial charge in [0.1, 0.15) is 5.69 Å². The number of carbonyl (C=O) groups excluding carboxylic acids is 3. The monoisotopic (exact) mass is 539 g/mol. The van der Waals surface area contributed by atoms with E-state index in [0.717, 1.165) is 5.56 Å². The average Bonchev–Trinajstić information content (AvgIpc) is 3.18. The molecule has 0 aliphatic carbocycles. The first-order chi connectivity index (χ1) is 18.5. The molecule has 39 heavy (non-hydrogen) atoms. The first kappa shape index (κ1) is 29.4. The van der Waals surface area contributed by atoms with Gasteiger partial charge in [-0.2, -0.15) is 0 Å². The van der Waals surface area contributed by atoms with Gasteiger partial charge >= 0.3 is 25.0 Å². The zero-order valence-electron chi connectivity index (χ0n) is 21.6. The maximum atomic E-state index is 13.6. The van der Waals surface area contributed by atoms with Crippen LogP contribution in [0.3, 0.4) is 0 Å². The second-order valence-corrected chi connectivity index (χ2v) is 9.89. The molecule has 0 saturated carbocycles. The van der Waals surface area contributed by atoms with Gasteiger partial charge in [0.2, 0.25) is 0 Å². The van der Waals surface area contributed by atoms with Gasteiger partial charge in [0.15, 0.2) is 11.4 Å². The minimum atomic E-state index is -2.20. The van der Waals surface area contributed by atoms with Gasteiger partial charge in [-0.25, -0.2) is 4.98 Å². The molecule has 13 heteroatoms. The standard InChI is InChI=1S/C26H30BN3O9/c1-16(2)10-18(27-38-25(37)26(39-27,13-22(32)33)14-23(34)35)12-21(31)19(11-17-6-4-3-5-7-17)30-24(36)20-15-28-8-9-29-20/h3-9,15-16,18-19H,10-14H2,1-2H3,(H,30,36)(H,32,33)(H,34,35)/t18-,19+/m1/s1. The van der Waals surface area contributed by atoms with Crippen LogP contribution in [0.2, 0.25) is 5.82 Å². The van der Waals surface area contributed by atoms with E-state index < -0.39 is 61.2 Å². The summed E-state index contributed by atoms with van der Waals surface area (Å²) in [4.78, 5) is 69.8. The summed E-state index contributed by atoms with van der Waals surface area (Å²) in [6.45, 7) is 3.76. The molecule has 206 valence electrons. The SMILES string of the molecule is CC(C)C[C@H](CC(=O)[C@H](Cc1ccccc1)NC(=O)c1cnccn1)B1OC(=O)C(CC(=O)O)(CC(=O)O)O1. The summed E-state index contributed by atoms with van der Waals surface area (Å²) in [5.41, 5.74) is -1.38. The van der Waals surface area contributed by atoms with Crippen molar-refractivity contribution in [1.29, 1.82) is 0 Å². The Balaban J connectivity index is 1.85. The van der Waals surface area contributed by atoms with Gasteiger partial charge in [0.05, 0.1) is 25.1 Å². The largest absolute Gasteiger partial charge is 0.531 e. The molecule has 1 fully saturated rings. The van der Waals surface area contributed by atoms with Gasteiger partial charge in [-0.1, -0.05) is 44.2 Å². The van der Waals surface area contributed by atoms with Crippen LogP contribution < -0.4 is 5.32 Å². The molecule has 1 saturated heterocycles. The third-order valence-electron chi connectivity index (χ3n) is 6.21. The lowest BCUT2D eigenvalue weighted by molar-refractivity contribution is -0.157. The van der Waals surface area contributed by atoms with E-state index in [-0.39, 0.29) is 30.2 Å². The van der Waals surface area contributed by atoms with Crippen LogP contribution in [0, 0.1) is 5.92 Å². The fourth-order valence-electron chi connectivity index (χ4n) is 4.52. The fraction of sp³-hybridized carbons (Fsp3) is 0.423. The number of benzene rings is 1. The third kappa shape index (κ3) is 8.18. The van der Waals surface area contributed by atoms with Gasteiger partial charge in [0, 0.05) is 24.6 Å². The topological polar surface area (TPSA) is 182 Å². The van der Waals surface area contributed by atoms with Crippen molar-refractivity contribution in [2.75, 3.05) is 0 Å². The predicted molar refractivity (Wildman–Crippen MR) is 136 cm³/mol. The maximum Gasteiger partial charge on any atom is 0.531 e. The highest BCUT2D eigenvalue weighted by Crippen LogP contribution is 2.38. The number of hydrogen-bond acceptors (Lipinski definition) is 9. The zero-order chi connectivity index (χ0) is 28.6. The molecule has 2 aromatic rings. The highest BCUT2D eigenvalue weighted by atomic mass is 16.7. The van der Waals surface area contributed by atoms with Crippen LogP contribution in [-0.4, -0.2) is 68.5 Å². The van der Waals surface area contributed by atoms with Crippen molar-refractivity contribution in [2.24, 2.45) is 5.92 Å². The van der Waals surface area contributed by atoms with Crippen molar-refractivity contribution in [3.8, 4) is 0 Å². The summed E-state index contributed by atoms with van der Waals surface area (Å²) in [5, 5.41) is 21.3. The first-order valence-corrected chi connectivity index (χ1v) is 12.4. The van der Waals surface area contributed by atoms with Crippen LogP contribution in [0.15, 0.2) is 48.9 Å². The summed E-state index contributed by atoms with van der Waals surface area (Å²) < 4.78 is 11.0. The number of hydrogen-bond donors (Lipinski definition) is 3. The number of nitrogens with zero attached hydrogens (tertiary/aromatic N) is 2. The summed E-state index contributed by atoms with van der Waals surface area (Å²) in [7, 11) is -1.34. The lowest BCUT2D eigenvalue weighted by Gasteiger charge is -2.25. The molecule has 2 heterocycles. The molecule has 2 atom stereocenters. The number of carboxylic acid groups (broad SMARTS) is 2. The normalized spacial score (nSPS) is 15.9. The average molecular weight is 539 g/mol. The number of carbonyl (C=O) groups is 5. The van der Waals surface area contributed by atoms with Crippen molar-refractivity contribution >= 4 is 36.7 Å². The Morgan fingerprint density at radius 2 is 1.72 bits per heavy atom. The second-order valence-electron chi connectivity index (χ2n) is 9.89. The molecule has 1 aromatic carbocycles. The second kappa shape index (κ2) is 13.1. The van der Waals surface area contributed by atoms with Crippen molar-refractivity contribution < 1.29 is 43.5 Å². The molecule has 1 aromatic heterocycles. The Bertz CT molecular complexity index is 1180. The van der Waals surface area contributed by atoms with Gasteiger partial charge in [0.25, 0.3) is 5.91 Å². The predicted octanol–water partition coefficient (Wildman–Crippen LogP) is 1.94. The number of ketones is 1. The highest BCUT2D eigenvalue weighted by molar-refractivity contribution is 6.51. The quantitative estimate of drug-likeness (QED) is 0.298. The van der Waals surface area contributed by atoms with Gasteiger partial charge < -0.3 is 24.8 Å². The van der Waals surface area contributed by atoms with E-state index in [0.29, 0.717) is 6.42 Å². The molecule has 0 bridgehead atoms. The summed E-state index contributed by atoms with van der Waals surface area (Å²) in [6.07, 6.45) is 2.57. The number of aromatic nitrogens is 2. The summed E-state index contributed by atoms with van der Waals surface area (Å²) in [5.74, 6) is -5.65. The lowest BCUT2D eigenvalue weighted by atomic mass is 9.65. The molecule has 3 rings (SSSR count). The van der Waals surface area contributed by atoms with E-state index in [1.807, 2.05) is 32.0 Å². The first-order valence-electron chi connectivity index (χ1n) is 12.4. The molecule has 1 aliphatic heterocycles. The number of nitrogens with one attached hydrogen (secondary N) is 1. The Morgan fingerprint density at radius 3 is 2.28 bits per heavy atom. The van der Waals surface area contributed by atoms with Crippen LogP contribution in [-0.2, 0) is 34.9 Å². The van der Waals surface area contributed by atoms with Gasteiger partial charge in [-0.15, -0.1) is 0 Å². The van der Waals surface area contributed by atoms with Crippen LogP contribution in [0.4, 0.5) is 0 Å². The third-order valence-corrected chi connectivity index (χ3v) is 6.21. The molecular weight excluding hydrogens is 509 g/mol. The van der Waals surface area contributed by atoms with E-state index >= 15 is 0 Å². The Morgan fingerprint density at radius 1 is 1.05 bits per heavy atom. The van der Waals surface area contributed by atoms with E-state index in [1.54, 1.807) is 12.1 Å². The number of rotatable bonds is 14. The van der Waals surface area contributed by atoms with Crippen molar-refractivity contribution in [2.45, 2.75) is 63.4 Å². The van der Waals surface area contributed by atoms with Crippen molar-refractivity contribution in [3.05, 3.63) is 60.2 Å². The zero-order valence-corrected chi connectivity index (χ0v) is 21.6. The molecule has 0 spiro atoms. The fourth-order valence-corrected chi connectivity index (χ4v) is 4.52. The van der Waals surface area contributed by atoms with Gasteiger partial charge in [-0.3, -0.25) is 29.0 Å². The summed E-state index contributed by atoms with van der Waals surface area (Å²) >= 11 is 0. The van der Waals surface area contributed by atoms with Gasteiger partial charge in [-0.05, 0) is 24.3 Å². The molecule has 1 amide bonds. The molecule has 0 unspecified atom stereocenters. The number of aliphatic carboxylic acids is 2.